The Hall–Kier alpha value is -0.870. The smallest absolute Gasteiger partial charge is 0.0945 e. The molecule has 1 aromatic heterocycles. The van der Waals surface area contributed by atoms with Gasteiger partial charge in [-0.3, -0.25) is 0 Å². The summed E-state index contributed by atoms with van der Waals surface area (Å²) in [5.41, 5.74) is 0. The third-order valence-corrected chi connectivity index (χ3v) is 4.99. The summed E-state index contributed by atoms with van der Waals surface area (Å²) >= 11 is 0. The molecule has 1 saturated heterocycles. The van der Waals surface area contributed by atoms with Gasteiger partial charge in [0.15, 0.2) is 0 Å². The molecule has 2 heterocycles. The van der Waals surface area contributed by atoms with E-state index in [1.807, 2.05) is 18.7 Å². The highest BCUT2D eigenvalue weighted by atomic mass is 15.0. The second kappa shape index (κ2) is 7.23. The van der Waals surface area contributed by atoms with Crippen LogP contribution in [0.3, 0.4) is 0 Å². The molecule has 20 heavy (non-hydrogen) atoms. The van der Waals surface area contributed by atoms with E-state index in [4.69, 9.17) is 0 Å². The van der Waals surface area contributed by atoms with Gasteiger partial charge in [-0.15, -0.1) is 0 Å². The van der Waals surface area contributed by atoms with Crippen LogP contribution in [0.5, 0.6) is 0 Å². The molecule has 4 heteroatoms. The van der Waals surface area contributed by atoms with Crippen molar-refractivity contribution >= 4 is 0 Å². The lowest BCUT2D eigenvalue weighted by molar-refractivity contribution is 0.214. The molecule has 2 N–H and O–H groups in total. The fourth-order valence-electron chi connectivity index (χ4n) is 3.94. The molecule has 3 unspecified atom stereocenters. The van der Waals surface area contributed by atoms with Crippen LogP contribution in [0.15, 0.2) is 18.7 Å². The summed E-state index contributed by atoms with van der Waals surface area (Å²) in [6.45, 7) is 3.44. The highest BCUT2D eigenvalue weighted by Gasteiger charge is 2.32. The number of hydrogen-bond donors (Lipinski definition) is 2. The average Bonchev–Trinajstić information content (AvgIpc) is 3.17. The Morgan fingerprint density at radius 3 is 2.95 bits per heavy atom. The third kappa shape index (κ3) is 3.61. The average molecular weight is 276 g/mol. The summed E-state index contributed by atoms with van der Waals surface area (Å²) < 4.78 is 2.17. The summed E-state index contributed by atoms with van der Waals surface area (Å²) in [6.07, 6.45) is 15.4. The summed E-state index contributed by atoms with van der Waals surface area (Å²) in [5.74, 6) is 0.861. The van der Waals surface area contributed by atoms with Gasteiger partial charge in [0.25, 0.3) is 0 Å². The molecule has 4 nitrogen and oxygen atoms in total. The van der Waals surface area contributed by atoms with Crippen LogP contribution in [0.1, 0.15) is 44.9 Å². The quantitative estimate of drug-likeness (QED) is 0.783. The van der Waals surface area contributed by atoms with Gasteiger partial charge in [0.2, 0.25) is 0 Å². The molecule has 1 aliphatic carbocycles. The van der Waals surface area contributed by atoms with E-state index in [9.17, 15) is 0 Å². The summed E-state index contributed by atoms with van der Waals surface area (Å²) in [5, 5.41) is 7.55. The minimum absolute atomic E-state index is 0.738. The first-order valence-electron chi connectivity index (χ1n) is 8.36. The van der Waals surface area contributed by atoms with Gasteiger partial charge in [-0.05, 0) is 51.1 Å². The lowest BCUT2D eigenvalue weighted by atomic mass is 9.79. The molecule has 0 aromatic carbocycles. The lowest BCUT2D eigenvalue weighted by Gasteiger charge is -2.36. The molecule has 3 rings (SSSR count). The van der Waals surface area contributed by atoms with Crippen molar-refractivity contribution in [3.63, 3.8) is 0 Å². The molecule has 1 aliphatic heterocycles. The van der Waals surface area contributed by atoms with Gasteiger partial charge in [-0.2, -0.15) is 0 Å². The van der Waals surface area contributed by atoms with Crippen molar-refractivity contribution in [2.24, 2.45) is 5.92 Å². The Kier molecular flexibility index (Phi) is 5.09. The molecule has 1 aromatic rings. The number of nitrogens with zero attached hydrogens (tertiary/aromatic N) is 2. The largest absolute Gasteiger partial charge is 0.337 e. The molecular formula is C16H28N4. The molecule has 0 spiro atoms. The summed E-state index contributed by atoms with van der Waals surface area (Å²) in [6, 6.07) is 1.52. The van der Waals surface area contributed by atoms with Crippen LogP contribution < -0.4 is 10.6 Å². The van der Waals surface area contributed by atoms with Gasteiger partial charge < -0.3 is 15.2 Å². The van der Waals surface area contributed by atoms with Crippen LogP contribution in [-0.4, -0.2) is 34.7 Å². The van der Waals surface area contributed by atoms with Gasteiger partial charge in [0, 0.05) is 31.0 Å². The first kappa shape index (κ1) is 14.1. The van der Waals surface area contributed by atoms with Gasteiger partial charge in [0.1, 0.15) is 0 Å². The van der Waals surface area contributed by atoms with Gasteiger partial charge in [0.05, 0.1) is 6.33 Å². The van der Waals surface area contributed by atoms with E-state index < -0.39 is 0 Å². The maximum absolute atomic E-state index is 4.09. The zero-order chi connectivity index (χ0) is 13.6. The van der Waals surface area contributed by atoms with Gasteiger partial charge >= 0.3 is 0 Å². The Morgan fingerprint density at radius 2 is 2.15 bits per heavy atom. The molecular weight excluding hydrogens is 248 g/mol. The minimum atomic E-state index is 0.738. The standard InChI is InChI=1S/C16H28N4/c1-2-6-15(14(5-1)16-7-3-8-18-16)19-9-4-11-20-12-10-17-13-20/h10,12-16,18-19H,1-9,11H2. The molecule has 1 saturated carbocycles. The monoisotopic (exact) mass is 276 g/mol. The van der Waals surface area contributed by atoms with Gasteiger partial charge in [-0.25, -0.2) is 4.98 Å². The van der Waals surface area contributed by atoms with E-state index in [0.29, 0.717) is 0 Å². The number of hydrogen-bond acceptors (Lipinski definition) is 3. The first-order chi connectivity index (χ1) is 9.93. The number of nitrogens with one attached hydrogen (secondary N) is 2. The second-order valence-electron chi connectivity index (χ2n) is 6.37. The first-order valence-corrected chi connectivity index (χ1v) is 8.36. The maximum Gasteiger partial charge on any atom is 0.0945 e. The molecule has 0 bridgehead atoms. The van der Waals surface area contributed by atoms with E-state index in [1.54, 1.807) is 0 Å². The van der Waals surface area contributed by atoms with Crippen LogP contribution >= 0.6 is 0 Å². The van der Waals surface area contributed by atoms with Gasteiger partial charge in [-0.1, -0.05) is 12.8 Å². The Labute approximate surface area is 122 Å². The van der Waals surface area contributed by atoms with Crippen molar-refractivity contribution in [2.45, 2.75) is 63.6 Å². The van der Waals surface area contributed by atoms with Crippen molar-refractivity contribution in [3.05, 3.63) is 18.7 Å². The van der Waals surface area contributed by atoms with Crippen molar-refractivity contribution in [1.82, 2.24) is 20.2 Å². The maximum atomic E-state index is 4.09. The molecule has 2 fully saturated rings. The van der Waals surface area contributed by atoms with Crippen LogP contribution in [0.2, 0.25) is 0 Å². The van der Waals surface area contributed by atoms with Crippen molar-refractivity contribution < 1.29 is 0 Å². The lowest BCUT2D eigenvalue weighted by Crippen LogP contribution is -2.47. The van der Waals surface area contributed by atoms with E-state index >= 15 is 0 Å². The minimum Gasteiger partial charge on any atom is -0.337 e. The Morgan fingerprint density at radius 1 is 1.20 bits per heavy atom. The highest BCUT2D eigenvalue weighted by molar-refractivity contribution is 4.91. The predicted molar refractivity (Wildman–Crippen MR) is 81.6 cm³/mol. The molecule has 0 radical (unpaired) electrons. The van der Waals surface area contributed by atoms with Crippen molar-refractivity contribution in [1.29, 1.82) is 0 Å². The third-order valence-electron chi connectivity index (χ3n) is 4.99. The van der Waals surface area contributed by atoms with Crippen molar-refractivity contribution in [3.8, 4) is 0 Å². The SMILES string of the molecule is c1cn(CCCNC2CCCCC2C2CCCN2)cn1. The summed E-state index contributed by atoms with van der Waals surface area (Å²) in [4.78, 5) is 4.09. The number of aryl methyl sites for hydroxylation is 1. The van der Waals surface area contributed by atoms with E-state index in [1.165, 1.54) is 51.5 Å². The summed E-state index contributed by atoms with van der Waals surface area (Å²) in [7, 11) is 0. The number of aromatic nitrogens is 2. The normalized spacial score (nSPS) is 30.7. The van der Waals surface area contributed by atoms with Crippen LogP contribution in [-0.2, 0) is 6.54 Å². The zero-order valence-electron chi connectivity index (χ0n) is 12.4. The van der Waals surface area contributed by atoms with E-state index in [2.05, 4.69) is 20.2 Å². The highest BCUT2D eigenvalue weighted by Crippen LogP contribution is 2.30. The predicted octanol–water partition coefficient (Wildman–Crippen LogP) is 2.17. The molecule has 3 atom stereocenters. The number of rotatable bonds is 6. The van der Waals surface area contributed by atoms with Crippen LogP contribution in [0.4, 0.5) is 0 Å². The van der Waals surface area contributed by atoms with E-state index in [0.717, 1.165) is 31.1 Å². The fraction of sp³-hybridized carbons (Fsp3) is 0.812. The number of imidazole rings is 1. The molecule has 2 aliphatic rings. The zero-order valence-corrected chi connectivity index (χ0v) is 12.4. The molecule has 112 valence electrons. The fourth-order valence-corrected chi connectivity index (χ4v) is 3.94. The second-order valence-corrected chi connectivity index (χ2v) is 6.37. The molecule has 0 amide bonds. The Balaban J connectivity index is 1.42. The van der Waals surface area contributed by atoms with Crippen LogP contribution in [0, 0.1) is 5.92 Å². The Bertz CT molecular complexity index is 370. The van der Waals surface area contributed by atoms with E-state index in [-0.39, 0.29) is 0 Å². The topological polar surface area (TPSA) is 41.9 Å². The van der Waals surface area contributed by atoms with Crippen LogP contribution in [0.25, 0.3) is 0 Å². The van der Waals surface area contributed by atoms with Crippen molar-refractivity contribution in [2.75, 3.05) is 13.1 Å².